The number of hydrogen-bond acceptors (Lipinski definition) is 7. The van der Waals surface area contributed by atoms with Gasteiger partial charge in [-0.05, 0) is 79.1 Å². The fourth-order valence-electron chi connectivity index (χ4n) is 3.87. The Balaban J connectivity index is 1.31. The predicted molar refractivity (Wildman–Crippen MR) is 155 cm³/mol. The topological polar surface area (TPSA) is 126 Å². The molecule has 40 heavy (non-hydrogen) atoms. The number of carbonyl (C=O) groups excluding carboxylic acids is 2. The molecule has 0 aromatic heterocycles. The van der Waals surface area contributed by atoms with Gasteiger partial charge in [0.15, 0.2) is 6.61 Å². The molecule has 3 aromatic rings. The number of benzene rings is 3. The van der Waals surface area contributed by atoms with E-state index in [-0.39, 0.29) is 23.5 Å². The van der Waals surface area contributed by atoms with E-state index in [1.54, 1.807) is 66.7 Å². The highest BCUT2D eigenvalue weighted by atomic mass is 79.9. The average Bonchev–Trinajstić information content (AvgIpc) is 3.49. The fraction of sp³-hybridized carbons (Fsp3) is 0.250. The summed E-state index contributed by atoms with van der Waals surface area (Å²) in [6.45, 7) is 0.619. The van der Waals surface area contributed by atoms with Crippen LogP contribution in [0.5, 0.6) is 5.75 Å². The van der Waals surface area contributed by atoms with E-state index in [0.29, 0.717) is 23.5 Å². The average molecular weight is 630 g/mol. The van der Waals surface area contributed by atoms with E-state index in [0.717, 1.165) is 28.2 Å². The van der Waals surface area contributed by atoms with Crippen LogP contribution in [-0.2, 0) is 24.3 Å². The summed E-state index contributed by atoms with van der Waals surface area (Å²) in [5.74, 6) is -0.340. The number of nitrogens with one attached hydrogen (secondary N) is 2. The number of anilines is 1. The Morgan fingerprint density at radius 1 is 1.02 bits per heavy atom. The Labute approximate surface area is 241 Å². The van der Waals surface area contributed by atoms with Gasteiger partial charge in [-0.25, -0.2) is 13.8 Å². The molecule has 1 aliphatic rings. The van der Waals surface area contributed by atoms with Crippen molar-refractivity contribution in [1.29, 1.82) is 0 Å². The van der Waals surface area contributed by atoms with Gasteiger partial charge in [0.2, 0.25) is 0 Å². The minimum atomic E-state index is -4.01. The molecular weight excluding hydrogens is 600 g/mol. The zero-order chi connectivity index (χ0) is 28.4. The normalized spacial score (nSPS) is 15.1. The summed E-state index contributed by atoms with van der Waals surface area (Å²) in [5.41, 5.74) is 3.38. The first-order valence-electron chi connectivity index (χ1n) is 12.6. The van der Waals surface area contributed by atoms with Crippen molar-refractivity contribution >= 4 is 49.7 Å². The van der Waals surface area contributed by atoms with Crippen molar-refractivity contribution in [3.8, 4) is 5.75 Å². The van der Waals surface area contributed by atoms with Crippen LogP contribution in [0.15, 0.2) is 93.3 Å². The summed E-state index contributed by atoms with van der Waals surface area (Å²) in [4.78, 5) is 24.7. The lowest BCUT2D eigenvalue weighted by molar-refractivity contribution is -0.123. The van der Waals surface area contributed by atoms with Gasteiger partial charge in [0.05, 0.1) is 22.9 Å². The lowest BCUT2D eigenvalue weighted by Crippen LogP contribution is -2.39. The Morgan fingerprint density at radius 2 is 1.75 bits per heavy atom. The van der Waals surface area contributed by atoms with E-state index in [1.807, 2.05) is 0 Å². The van der Waals surface area contributed by atoms with Crippen molar-refractivity contribution in [2.24, 2.45) is 5.10 Å². The molecule has 10 nitrogen and oxygen atoms in total. The molecule has 3 aromatic carbocycles. The second kappa shape index (κ2) is 14.1. The largest absolute Gasteiger partial charge is 0.484 e. The molecule has 1 heterocycles. The van der Waals surface area contributed by atoms with Crippen molar-refractivity contribution in [3.63, 3.8) is 0 Å². The molecule has 0 unspecified atom stereocenters. The molecule has 1 fully saturated rings. The number of hydrazone groups is 1. The maximum absolute atomic E-state index is 13.3. The number of sulfonamides is 1. The van der Waals surface area contributed by atoms with E-state index >= 15 is 0 Å². The van der Waals surface area contributed by atoms with E-state index in [1.165, 1.54) is 18.3 Å². The summed E-state index contributed by atoms with van der Waals surface area (Å²) in [5, 5.41) is 6.75. The first kappa shape index (κ1) is 29.2. The third kappa shape index (κ3) is 8.38. The fourth-order valence-corrected chi connectivity index (χ4v) is 5.58. The van der Waals surface area contributed by atoms with E-state index in [9.17, 15) is 18.0 Å². The number of carbonyl (C=O) groups is 2. The first-order valence-corrected chi connectivity index (χ1v) is 14.8. The zero-order valence-corrected chi connectivity index (χ0v) is 23.9. The molecule has 2 amide bonds. The van der Waals surface area contributed by atoms with Crippen LogP contribution in [0.2, 0.25) is 0 Å². The summed E-state index contributed by atoms with van der Waals surface area (Å²) in [6.07, 6.45) is 3.45. The lowest BCUT2D eigenvalue weighted by Gasteiger charge is -2.23. The number of amides is 2. The van der Waals surface area contributed by atoms with Gasteiger partial charge < -0.3 is 14.8 Å². The number of halogens is 1. The number of hydrogen-bond donors (Lipinski definition) is 2. The lowest BCUT2D eigenvalue weighted by atomic mass is 10.2. The van der Waals surface area contributed by atoms with Gasteiger partial charge in [-0.15, -0.1) is 0 Å². The van der Waals surface area contributed by atoms with Gasteiger partial charge in [-0.2, -0.15) is 5.10 Å². The van der Waals surface area contributed by atoms with Crippen molar-refractivity contribution in [1.82, 2.24) is 10.7 Å². The van der Waals surface area contributed by atoms with Crippen molar-refractivity contribution in [2.45, 2.75) is 23.8 Å². The van der Waals surface area contributed by atoms with Crippen LogP contribution in [0.25, 0.3) is 0 Å². The molecule has 1 atom stereocenters. The first-order chi connectivity index (χ1) is 19.3. The van der Waals surface area contributed by atoms with Crippen molar-refractivity contribution < 1.29 is 27.5 Å². The molecule has 0 radical (unpaired) electrons. The van der Waals surface area contributed by atoms with Crippen LogP contribution in [-0.4, -0.2) is 58.9 Å². The summed E-state index contributed by atoms with van der Waals surface area (Å²) < 4.78 is 39.4. The van der Waals surface area contributed by atoms with Gasteiger partial charge in [0.25, 0.3) is 21.8 Å². The van der Waals surface area contributed by atoms with Gasteiger partial charge in [-0.1, -0.05) is 34.1 Å². The van der Waals surface area contributed by atoms with Gasteiger partial charge in [0, 0.05) is 17.6 Å². The maximum atomic E-state index is 13.3. The van der Waals surface area contributed by atoms with Gasteiger partial charge in [0.1, 0.15) is 12.3 Å². The quantitative estimate of drug-likeness (QED) is 0.234. The van der Waals surface area contributed by atoms with Gasteiger partial charge in [-0.3, -0.25) is 13.9 Å². The van der Waals surface area contributed by atoms with E-state index in [4.69, 9.17) is 9.47 Å². The summed E-state index contributed by atoms with van der Waals surface area (Å²) >= 11 is 3.34. The molecule has 4 rings (SSSR count). The predicted octanol–water partition coefficient (Wildman–Crippen LogP) is 3.47. The third-order valence-electron chi connectivity index (χ3n) is 5.94. The molecule has 210 valence electrons. The van der Waals surface area contributed by atoms with Crippen LogP contribution < -0.4 is 19.8 Å². The highest BCUT2D eigenvalue weighted by Gasteiger charge is 2.27. The highest BCUT2D eigenvalue weighted by molar-refractivity contribution is 9.10. The van der Waals surface area contributed by atoms with Crippen molar-refractivity contribution in [3.05, 3.63) is 88.9 Å². The molecule has 12 heteroatoms. The Kier molecular flexibility index (Phi) is 10.3. The highest BCUT2D eigenvalue weighted by Crippen LogP contribution is 2.25. The van der Waals surface area contributed by atoms with E-state index < -0.39 is 22.5 Å². The summed E-state index contributed by atoms with van der Waals surface area (Å²) in [7, 11) is -4.01. The van der Waals surface area contributed by atoms with Gasteiger partial charge >= 0.3 is 0 Å². The van der Waals surface area contributed by atoms with Crippen LogP contribution in [0.4, 0.5) is 5.69 Å². The van der Waals surface area contributed by atoms with Crippen LogP contribution in [0.1, 0.15) is 18.4 Å². The third-order valence-corrected chi connectivity index (χ3v) is 8.25. The summed E-state index contributed by atoms with van der Waals surface area (Å²) in [6, 6.07) is 21.3. The Hall–Kier alpha value is -3.74. The molecule has 0 bridgehead atoms. The standard InChI is InChI=1S/C28H29BrN4O6S/c29-22-10-12-23(13-11-22)33(40(36,37)26-6-2-1-3-7-26)19-27(34)32-31-17-21-8-14-24(15-9-21)39-20-28(35)30-18-25-5-4-16-38-25/h1-3,6-15,17,25H,4-5,16,18-20H2,(H,30,35)(H,32,34)/b31-17-/t25-/m1/s1. The van der Waals surface area contributed by atoms with E-state index in [2.05, 4.69) is 31.8 Å². The molecule has 2 N–H and O–H groups in total. The van der Waals surface area contributed by atoms with Crippen LogP contribution in [0, 0.1) is 0 Å². The molecule has 1 aliphatic heterocycles. The molecule has 0 aliphatic carbocycles. The van der Waals surface area contributed by atoms with Crippen LogP contribution in [0.3, 0.4) is 0 Å². The molecular formula is C28H29BrN4O6S. The maximum Gasteiger partial charge on any atom is 0.264 e. The van der Waals surface area contributed by atoms with Crippen LogP contribution >= 0.6 is 15.9 Å². The minimum Gasteiger partial charge on any atom is -0.484 e. The number of nitrogens with zero attached hydrogens (tertiary/aromatic N) is 2. The minimum absolute atomic E-state index is 0.0665. The Morgan fingerprint density at radius 3 is 2.42 bits per heavy atom. The SMILES string of the molecule is O=C(COc1ccc(/C=N\NC(=O)CN(c2ccc(Br)cc2)S(=O)(=O)c2ccccc2)cc1)NC[C@H]1CCCO1. The van der Waals surface area contributed by atoms with Crippen molar-refractivity contribution in [2.75, 3.05) is 30.6 Å². The molecule has 0 spiro atoms. The zero-order valence-electron chi connectivity index (χ0n) is 21.5. The molecule has 1 saturated heterocycles. The number of rotatable bonds is 12. The number of ether oxygens (including phenoxy) is 2. The second-order valence-electron chi connectivity index (χ2n) is 8.89. The Bertz CT molecular complexity index is 1410. The monoisotopic (exact) mass is 628 g/mol. The molecule has 0 saturated carbocycles. The smallest absolute Gasteiger partial charge is 0.264 e. The second-order valence-corrected chi connectivity index (χ2v) is 11.7.